The number of carbonyl (C=O) groups excluding carboxylic acids is 1. The second-order valence-corrected chi connectivity index (χ2v) is 6.60. The molecule has 1 heterocycles. The Morgan fingerprint density at radius 1 is 0.857 bits per heavy atom. The highest BCUT2D eigenvalue weighted by Gasteiger charge is 2.09. The maximum Gasteiger partial charge on any atom is 0.274 e. The van der Waals surface area contributed by atoms with E-state index in [1.54, 1.807) is 12.3 Å². The molecule has 0 aliphatic heterocycles. The van der Waals surface area contributed by atoms with Crippen LogP contribution in [-0.2, 0) is 0 Å². The molecule has 5 heteroatoms. The lowest BCUT2D eigenvalue weighted by Gasteiger charge is -2.21. The van der Waals surface area contributed by atoms with Crippen molar-refractivity contribution in [3.8, 4) is 0 Å². The van der Waals surface area contributed by atoms with Crippen molar-refractivity contribution in [2.24, 2.45) is 0 Å². The summed E-state index contributed by atoms with van der Waals surface area (Å²) in [5.74, 6) is -0.225. The Kier molecular flexibility index (Phi) is 6.27. The second-order valence-electron chi connectivity index (χ2n) is 6.60. The van der Waals surface area contributed by atoms with Gasteiger partial charge in [0.15, 0.2) is 0 Å². The van der Waals surface area contributed by atoms with Crippen molar-refractivity contribution < 1.29 is 4.79 Å². The summed E-state index contributed by atoms with van der Waals surface area (Å²) in [6.07, 6.45) is 1.66. The van der Waals surface area contributed by atoms with Crippen LogP contribution in [0.3, 0.4) is 0 Å². The zero-order chi connectivity index (χ0) is 19.9. The number of amides is 1. The highest BCUT2D eigenvalue weighted by Crippen LogP contribution is 2.19. The first-order valence-electron chi connectivity index (χ1n) is 9.55. The van der Waals surface area contributed by atoms with Gasteiger partial charge in [0, 0.05) is 30.2 Å². The Balaban J connectivity index is 1.62. The average Bonchev–Trinajstić information content (AvgIpc) is 2.72. The molecule has 3 rings (SSSR count). The van der Waals surface area contributed by atoms with Gasteiger partial charge in [0.05, 0.1) is 11.9 Å². The summed E-state index contributed by atoms with van der Waals surface area (Å²) in [5.41, 5.74) is 5.31. The van der Waals surface area contributed by atoms with Crippen LogP contribution >= 0.6 is 0 Å². The van der Waals surface area contributed by atoms with Crippen LogP contribution in [0.1, 0.15) is 29.9 Å². The molecule has 0 spiro atoms. The van der Waals surface area contributed by atoms with Crippen LogP contribution < -0.4 is 15.5 Å². The molecule has 1 amide bonds. The fourth-order valence-electron chi connectivity index (χ4n) is 2.95. The summed E-state index contributed by atoms with van der Waals surface area (Å²) in [5, 5.41) is 6.17. The fourth-order valence-corrected chi connectivity index (χ4v) is 2.95. The normalized spacial score (nSPS) is 10.4. The third kappa shape index (κ3) is 4.88. The first kappa shape index (κ1) is 19.4. The number of pyridine rings is 1. The minimum Gasteiger partial charge on any atom is -0.372 e. The number of anilines is 4. The molecular weight excluding hydrogens is 348 g/mol. The third-order valence-corrected chi connectivity index (χ3v) is 4.59. The number of hydrogen-bond acceptors (Lipinski definition) is 4. The van der Waals surface area contributed by atoms with Crippen LogP contribution in [0.15, 0.2) is 66.9 Å². The van der Waals surface area contributed by atoms with Gasteiger partial charge in [-0.3, -0.25) is 4.79 Å². The van der Waals surface area contributed by atoms with E-state index >= 15 is 0 Å². The summed E-state index contributed by atoms with van der Waals surface area (Å²) < 4.78 is 0. The molecule has 5 nitrogen and oxygen atoms in total. The van der Waals surface area contributed by atoms with Crippen molar-refractivity contribution in [1.82, 2.24) is 4.98 Å². The number of aryl methyl sites for hydroxylation is 1. The van der Waals surface area contributed by atoms with Crippen LogP contribution in [0.4, 0.5) is 22.7 Å². The van der Waals surface area contributed by atoms with Crippen molar-refractivity contribution in [2.45, 2.75) is 20.8 Å². The second kappa shape index (κ2) is 9.04. The lowest BCUT2D eigenvalue weighted by atomic mass is 10.2. The molecule has 0 unspecified atom stereocenters. The summed E-state index contributed by atoms with van der Waals surface area (Å²) >= 11 is 0. The Hall–Kier alpha value is -3.34. The van der Waals surface area contributed by atoms with Crippen molar-refractivity contribution in [3.63, 3.8) is 0 Å². The molecule has 0 radical (unpaired) electrons. The summed E-state index contributed by atoms with van der Waals surface area (Å²) in [4.78, 5) is 19.0. The van der Waals surface area contributed by atoms with Crippen LogP contribution in [0.2, 0.25) is 0 Å². The first-order chi connectivity index (χ1) is 13.6. The molecule has 144 valence electrons. The monoisotopic (exact) mass is 374 g/mol. The van der Waals surface area contributed by atoms with Crippen molar-refractivity contribution >= 4 is 28.7 Å². The highest BCUT2D eigenvalue weighted by molar-refractivity contribution is 6.03. The van der Waals surface area contributed by atoms with Gasteiger partial charge in [0.2, 0.25) is 0 Å². The molecule has 0 aliphatic carbocycles. The van der Waals surface area contributed by atoms with Gasteiger partial charge in [-0.15, -0.1) is 0 Å². The van der Waals surface area contributed by atoms with Crippen LogP contribution in [0.5, 0.6) is 0 Å². The van der Waals surface area contributed by atoms with E-state index in [2.05, 4.69) is 41.3 Å². The van der Waals surface area contributed by atoms with E-state index in [1.165, 1.54) is 5.56 Å². The lowest BCUT2D eigenvalue weighted by Crippen LogP contribution is -2.21. The quantitative estimate of drug-likeness (QED) is 0.594. The molecule has 28 heavy (non-hydrogen) atoms. The highest BCUT2D eigenvalue weighted by atomic mass is 16.1. The van der Waals surface area contributed by atoms with Crippen LogP contribution in [0.25, 0.3) is 0 Å². The molecule has 0 aliphatic rings. The maximum absolute atomic E-state index is 12.4. The number of rotatable bonds is 7. The molecule has 2 N–H and O–H groups in total. The topological polar surface area (TPSA) is 57.3 Å². The predicted octanol–water partition coefficient (Wildman–Crippen LogP) is 5.23. The van der Waals surface area contributed by atoms with Crippen LogP contribution in [-0.4, -0.2) is 24.0 Å². The molecule has 1 aromatic heterocycles. The standard InChI is InChI=1S/C23H26N4O/c1-4-27(5-2)21-13-10-19(11-14-21)26-23(28)22-15-12-20(16-24-22)25-18-8-6-17(3)7-9-18/h6-16,25H,4-5H2,1-3H3,(H,26,28). The van der Waals surface area contributed by atoms with Crippen molar-refractivity contribution in [1.29, 1.82) is 0 Å². The van der Waals surface area contributed by atoms with Gasteiger partial charge in [0.25, 0.3) is 5.91 Å². The van der Waals surface area contributed by atoms with Gasteiger partial charge >= 0.3 is 0 Å². The van der Waals surface area contributed by atoms with E-state index in [-0.39, 0.29) is 5.91 Å². The summed E-state index contributed by atoms with van der Waals surface area (Å²) in [6, 6.07) is 19.6. The Morgan fingerprint density at radius 3 is 2.04 bits per heavy atom. The van der Waals surface area contributed by atoms with E-state index < -0.39 is 0 Å². The zero-order valence-electron chi connectivity index (χ0n) is 16.6. The van der Waals surface area contributed by atoms with E-state index in [0.717, 1.165) is 35.8 Å². The number of nitrogens with zero attached hydrogens (tertiary/aromatic N) is 2. The molecule has 0 saturated carbocycles. The molecule has 0 bridgehead atoms. The molecular formula is C23H26N4O. The molecule has 0 atom stereocenters. The predicted molar refractivity (Wildman–Crippen MR) is 117 cm³/mol. The molecule has 3 aromatic rings. The minimum atomic E-state index is -0.225. The van der Waals surface area contributed by atoms with Gasteiger partial charge in [-0.25, -0.2) is 4.98 Å². The SMILES string of the molecule is CCN(CC)c1ccc(NC(=O)c2ccc(Nc3ccc(C)cc3)cn2)cc1. The maximum atomic E-state index is 12.4. The van der Waals surface area contributed by atoms with E-state index in [4.69, 9.17) is 0 Å². The summed E-state index contributed by atoms with van der Waals surface area (Å²) in [7, 11) is 0. The largest absolute Gasteiger partial charge is 0.372 e. The lowest BCUT2D eigenvalue weighted by molar-refractivity contribution is 0.102. The number of aromatic nitrogens is 1. The van der Waals surface area contributed by atoms with Crippen molar-refractivity contribution in [3.05, 3.63) is 78.1 Å². The van der Waals surface area contributed by atoms with Gasteiger partial charge in [-0.05, 0) is 69.3 Å². The third-order valence-electron chi connectivity index (χ3n) is 4.59. The first-order valence-corrected chi connectivity index (χ1v) is 9.55. The van der Waals surface area contributed by atoms with E-state index in [0.29, 0.717) is 5.69 Å². The smallest absolute Gasteiger partial charge is 0.274 e. The van der Waals surface area contributed by atoms with Gasteiger partial charge in [-0.1, -0.05) is 17.7 Å². The fraction of sp³-hybridized carbons (Fsp3) is 0.217. The number of carbonyl (C=O) groups is 1. The summed E-state index contributed by atoms with van der Waals surface area (Å²) in [6.45, 7) is 8.21. The van der Waals surface area contributed by atoms with E-state index in [9.17, 15) is 4.79 Å². The number of nitrogens with one attached hydrogen (secondary N) is 2. The van der Waals surface area contributed by atoms with E-state index in [1.807, 2.05) is 54.6 Å². The Morgan fingerprint density at radius 2 is 1.46 bits per heavy atom. The van der Waals surface area contributed by atoms with Crippen molar-refractivity contribution in [2.75, 3.05) is 28.6 Å². The minimum absolute atomic E-state index is 0.225. The molecule has 2 aromatic carbocycles. The van der Waals surface area contributed by atoms with Gasteiger partial charge < -0.3 is 15.5 Å². The molecule has 0 fully saturated rings. The number of benzene rings is 2. The average molecular weight is 374 g/mol. The Bertz CT molecular complexity index is 899. The van der Waals surface area contributed by atoms with Gasteiger partial charge in [0.1, 0.15) is 5.69 Å². The zero-order valence-corrected chi connectivity index (χ0v) is 16.6. The Labute approximate surface area is 166 Å². The molecule has 0 saturated heterocycles. The van der Waals surface area contributed by atoms with Gasteiger partial charge in [-0.2, -0.15) is 0 Å². The van der Waals surface area contributed by atoms with Crippen LogP contribution in [0, 0.1) is 6.92 Å². The number of hydrogen-bond donors (Lipinski definition) is 2.